The van der Waals surface area contributed by atoms with E-state index in [0.29, 0.717) is 79.9 Å². The van der Waals surface area contributed by atoms with Crippen molar-refractivity contribution in [2.24, 2.45) is 23.7 Å². The molecule has 7 heterocycles. The number of ether oxygens (including phenoxy) is 13. The summed E-state index contributed by atoms with van der Waals surface area (Å²) in [5, 5.41) is 34.7. The molecule has 0 radical (unpaired) electrons. The topological polar surface area (TPSA) is 211 Å². The Balaban J connectivity index is 0.000000308. The van der Waals surface area contributed by atoms with Crippen LogP contribution < -0.4 is 14.2 Å². The molecule has 1 aliphatic carbocycles. The van der Waals surface area contributed by atoms with Crippen LogP contribution in [0.1, 0.15) is 119 Å². The maximum Gasteiger partial charge on any atom is 0.417 e. The minimum absolute atomic E-state index is 0.00708. The number of hydrogen-bond acceptors (Lipinski definition) is 18. The molecule has 7 aliphatic rings. The molecule has 20 atom stereocenters. The zero-order chi connectivity index (χ0) is 66.1. The lowest BCUT2D eigenvalue weighted by atomic mass is 9.71. The summed E-state index contributed by atoms with van der Waals surface area (Å²) in [6.07, 6.45) is 4.69. The number of esters is 1. The van der Waals surface area contributed by atoms with E-state index in [4.69, 9.17) is 108 Å². The smallest absolute Gasteiger partial charge is 0.417 e. The number of methoxy groups -OCH3 is 2. The normalized spacial score (nSPS) is 37.2. The fraction of sp³-hybridized carbons (Fsp3) is 0.667. The van der Waals surface area contributed by atoms with E-state index < -0.39 is 103 Å². The van der Waals surface area contributed by atoms with Gasteiger partial charge in [0.05, 0.1) is 78.2 Å². The summed E-state index contributed by atoms with van der Waals surface area (Å²) in [6, 6.07) is 5.12. The summed E-state index contributed by atoms with van der Waals surface area (Å²) in [7, 11) is 3.23. The number of carbonyl (C=O) groups is 1. The van der Waals surface area contributed by atoms with Crippen molar-refractivity contribution in [1.82, 2.24) is 4.98 Å². The van der Waals surface area contributed by atoms with Crippen molar-refractivity contribution in [3.05, 3.63) is 104 Å². The minimum Gasteiger partial charge on any atom is -0.490 e. The summed E-state index contributed by atoms with van der Waals surface area (Å²) in [5.41, 5.74) is -0.653. The Bertz CT molecular complexity index is 2870. The van der Waals surface area contributed by atoms with E-state index in [1.807, 2.05) is 19.1 Å². The van der Waals surface area contributed by atoms with Gasteiger partial charge >= 0.3 is 12.1 Å². The summed E-state index contributed by atoms with van der Waals surface area (Å²) < 4.78 is 118. The summed E-state index contributed by atoms with van der Waals surface area (Å²) in [4.78, 5) is 18.0. The third-order valence-electron chi connectivity index (χ3n) is 18.2. The molecule has 1 aromatic carbocycles. The monoisotopic (exact) mass is 1360 g/mol. The first-order valence-electron chi connectivity index (χ1n) is 31.3. The van der Waals surface area contributed by atoms with Gasteiger partial charge in [-0.25, -0.2) is 4.98 Å². The number of alkyl halides is 3. The van der Waals surface area contributed by atoms with Crippen molar-refractivity contribution >= 4 is 52.4 Å². The lowest BCUT2D eigenvalue weighted by molar-refractivity contribution is -0.340. The predicted octanol–water partition coefficient (Wildman–Crippen LogP) is 12.6. The van der Waals surface area contributed by atoms with Gasteiger partial charge in [0.2, 0.25) is 5.88 Å². The molecule has 508 valence electrons. The second kappa shape index (κ2) is 32.4. The average molecular weight is 1370 g/mol. The van der Waals surface area contributed by atoms with E-state index in [1.165, 1.54) is 18.2 Å². The first kappa shape index (κ1) is 73.2. The summed E-state index contributed by atoms with van der Waals surface area (Å²) >= 11 is 23.3. The quantitative estimate of drug-likeness (QED) is 0.0764. The maximum absolute atomic E-state index is 14.4. The second-order valence-electron chi connectivity index (χ2n) is 24.8. The third-order valence-corrected chi connectivity index (χ3v) is 19.1. The standard InChI is InChI=1S/C48H74O14.C18H14Cl4F3NO3/c1-11-25(2)43-28(5)17-18-47(62-43)23-34-20-33(61-47)16-15-27(4)42(26(3)13-12-14-32-24-55-45-40(49)29(6)19-35(46(51)58-34)48(32,45)52)59-39-22-37(54-10)44(31(8)57-39)60-38-21-36(53-9)41(50)30(7)56-38;19-13-8-12(27-7-4-15(21)22)9-14(20)17(13)29-6-1-5-28-16-3-2-11(10-26-16)18(23,24)25/h12-15,19,25-26,28,30-31,33-45,49-50,52H,11,16-18,20-24H2,1-10H3;2-4,8-10H,1,5-7H2/b13-12+,27-15+,32-14+;/t25-,26-,28-,30-,31-,33+,34-,35-,36-,37-,38-,39-,40+,41-,42-,43+,44-,45+,47+,48+;/m0./s1. The molecule has 1 aromatic heterocycles. The molecular weight excluding hydrogens is 1280 g/mol. The first-order chi connectivity index (χ1) is 43.2. The molecule has 6 aliphatic heterocycles. The highest BCUT2D eigenvalue weighted by Crippen LogP contribution is 2.49. The number of benzene rings is 1. The van der Waals surface area contributed by atoms with E-state index in [0.717, 1.165) is 30.5 Å². The van der Waals surface area contributed by atoms with Gasteiger partial charge in [-0.2, -0.15) is 13.2 Å². The van der Waals surface area contributed by atoms with Gasteiger partial charge in [-0.3, -0.25) is 4.79 Å². The van der Waals surface area contributed by atoms with Crippen LogP contribution in [0, 0.1) is 23.7 Å². The van der Waals surface area contributed by atoms with E-state index in [2.05, 4.69) is 45.7 Å². The Morgan fingerprint density at radius 1 is 0.901 bits per heavy atom. The molecule has 0 saturated carbocycles. The van der Waals surface area contributed by atoms with Crippen LogP contribution in [0.4, 0.5) is 13.2 Å². The lowest BCUT2D eigenvalue weighted by Crippen LogP contribution is -2.58. The SMILES string of the molecule is CC[C@H](C)[C@H]1O[C@]2(CC[C@@H]1C)C[C@@H]1C[C@@H](C/C=C(\C)[C@@H](O[C@H]3C[C@H](OC)[C@@H](O[C@H]4C[C@H](OC)[C@@H](O)[C@H](C)O4)[C@H](C)O3)[C@@H](C)/C=C/C=C3\CO[C@@H]4[C@H](O)C(C)=C[C@@H](C(=O)O1)[C@]34O)O2.FC(F)(F)c1ccc(OCCCOc2c(Cl)cc(OCC=C(Cl)Cl)cc2Cl)nc1. The highest BCUT2D eigenvalue weighted by molar-refractivity contribution is 6.55. The molecule has 5 saturated heterocycles. The van der Waals surface area contributed by atoms with Gasteiger partial charge in [-0.05, 0) is 81.2 Å². The van der Waals surface area contributed by atoms with E-state index in [9.17, 15) is 33.3 Å². The van der Waals surface area contributed by atoms with Crippen molar-refractivity contribution < 1.29 is 94.9 Å². The van der Waals surface area contributed by atoms with Gasteiger partial charge in [-0.15, -0.1) is 0 Å². The number of hydrogen-bond donors (Lipinski definition) is 3. The van der Waals surface area contributed by atoms with Crippen LogP contribution in [-0.2, 0) is 58.3 Å². The maximum atomic E-state index is 14.4. The number of allylic oxidation sites excluding steroid dienone is 2. The van der Waals surface area contributed by atoms with Gasteiger partial charge < -0.3 is 76.9 Å². The number of rotatable bonds is 17. The van der Waals surface area contributed by atoms with Crippen LogP contribution in [0.15, 0.2) is 88.1 Å². The number of carbonyl (C=O) groups excluding carboxylic acids is 1. The minimum atomic E-state index is -4.44. The Morgan fingerprint density at radius 3 is 2.26 bits per heavy atom. The Kier molecular flexibility index (Phi) is 26.1. The van der Waals surface area contributed by atoms with Crippen LogP contribution in [-0.4, -0.2) is 164 Å². The molecule has 2 bridgehead atoms. The Labute approximate surface area is 551 Å². The van der Waals surface area contributed by atoms with Crippen LogP contribution in [0.3, 0.4) is 0 Å². The van der Waals surface area contributed by atoms with Gasteiger partial charge in [-0.1, -0.05) is 111 Å². The van der Waals surface area contributed by atoms with Crippen molar-refractivity contribution in [3.8, 4) is 17.4 Å². The molecule has 9 rings (SSSR count). The predicted molar refractivity (Wildman–Crippen MR) is 334 cm³/mol. The summed E-state index contributed by atoms with van der Waals surface area (Å²) in [6.45, 7) is 16.8. The largest absolute Gasteiger partial charge is 0.490 e. The number of halogens is 7. The Hall–Kier alpha value is -3.59. The zero-order valence-corrected chi connectivity index (χ0v) is 56.1. The number of aliphatic hydroxyl groups is 3. The van der Waals surface area contributed by atoms with Crippen LogP contribution in [0.5, 0.6) is 17.4 Å². The Morgan fingerprint density at radius 2 is 1.59 bits per heavy atom. The number of aliphatic hydroxyl groups excluding tert-OH is 2. The molecule has 0 unspecified atom stereocenters. The van der Waals surface area contributed by atoms with E-state index in [1.54, 1.807) is 40.2 Å². The number of fused-ring (bicyclic) bond motifs is 2. The van der Waals surface area contributed by atoms with Crippen LogP contribution >= 0.6 is 46.4 Å². The second-order valence-corrected chi connectivity index (χ2v) is 26.6. The summed E-state index contributed by atoms with van der Waals surface area (Å²) in [5.74, 6) is -1.32. The lowest BCUT2D eigenvalue weighted by Gasteiger charge is -2.51. The molecule has 25 heteroatoms. The van der Waals surface area contributed by atoms with E-state index in [-0.39, 0.29) is 76.8 Å². The van der Waals surface area contributed by atoms with Crippen molar-refractivity contribution in [2.75, 3.05) is 40.6 Å². The molecule has 91 heavy (non-hydrogen) atoms. The molecule has 5 fully saturated rings. The van der Waals surface area contributed by atoms with Crippen molar-refractivity contribution in [1.29, 1.82) is 0 Å². The van der Waals surface area contributed by atoms with Gasteiger partial charge in [0.1, 0.15) is 58.9 Å². The number of nitrogens with zero attached hydrogens (tertiary/aromatic N) is 1. The van der Waals surface area contributed by atoms with Crippen LogP contribution in [0.2, 0.25) is 10.0 Å². The highest BCUT2D eigenvalue weighted by Gasteiger charge is 2.60. The molecule has 2 aromatic rings. The first-order valence-corrected chi connectivity index (χ1v) is 32.8. The van der Waals surface area contributed by atoms with Gasteiger partial charge in [0, 0.05) is 83.1 Å². The molecular formula is C66H88Cl4F3NO17. The fourth-order valence-electron chi connectivity index (χ4n) is 13.0. The van der Waals surface area contributed by atoms with Crippen molar-refractivity contribution in [2.45, 2.75) is 217 Å². The van der Waals surface area contributed by atoms with Crippen molar-refractivity contribution in [3.63, 3.8) is 0 Å². The molecule has 3 N–H and O–H groups in total. The van der Waals surface area contributed by atoms with E-state index >= 15 is 0 Å². The average Bonchev–Trinajstić information content (AvgIpc) is 1.65. The van der Waals surface area contributed by atoms with Gasteiger partial charge in [0.15, 0.2) is 24.1 Å². The fourth-order valence-corrected chi connectivity index (χ4v) is 13.7. The molecule has 1 spiro atoms. The number of pyridine rings is 1. The third kappa shape index (κ3) is 18.3. The van der Waals surface area contributed by atoms with Crippen LogP contribution in [0.25, 0.3) is 0 Å². The molecule has 0 amide bonds. The number of aromatic nitrogens is 1. The molecule has 18 nitrogen and oxygen atoms in total. The van der Waals surface area contributed by atoms with Gasteiger partial charge in [0.25, 0.3) is 0 Å². The zero-order valence-electron chi connectivity index (χ0n) is 53.1. The highest BCUT2D eigenvalue weighted by atomic mass is 35.5.